The SMILES string of the molecule is C#CCn1c(=NC(C)=O)sc2cccc(OCC)c21. The van der Waals surface area contributed by atoms with Gasteiger partial charge in [0.15, 0.2) is 4.80 Å². The first kappa shape index (κ1) is 13.4. The monoisotopic (exact) mass is 274 g/mol. The Hall–Kier alpha value is -2.06. The van der Waals surface area contributed by atoms with Crippen LogP contribution < -0.4 is 9.54 Å². The Morgan fingerprint density at radius 1 is 1.58 bits per heavy atom. The van der Waals surface area contributed by atoms with Gasteiger partial charge in [0.2, 0.25) is 5.91 Å². The topological polar surface area (TPSA) is 43.6 Å². The zero-order valence-electron chi connectivity index (χ0n) is 10.8. The predicted molar refractivity (Wildman–Crippen MR) is 76.1 cm³/mol. The molecule has 4 nitrogen and oxygen atoms in total. The molecule has 0 spiro atoms. The van der Waals surface area contributed by atoms with Crippen molar-refractivity contribution in [3.8, 4) is 18.1 Å². The molecule has 19 heavy (non-hydrogen) atoms. The molecule has 0 radical (unpaired) electrons. The molecule has 1 aromatic heterocycles. The van der Waals surface area contributed by atoms with Gasteiger partial charge in [-0.2, -0.15) is 4.99 Å². The third-order valence-electron chi connectivity index (χ3n) is 2.47. The highest BCUT2D eigenvalue weighted by Crippen LogP contribution is 2.27. The number of para-hydroxylation sites is 1. The van der Waals surface area contributed by atoms with Crippen molar-refractivity contribution < 1.29 is 9.53 Å². The van der Waals surface area contributed by atoms with Crippen molar-refractivity contribution in [2.24, 2.45) is 4.99 Å². The molecular formula is C14H14N2O2S. The van der Waals surface area contributed by atoms with E-state index in [1.807, 2.05) is 29.7 Å². The first-order valence-corrected chi connectivity index (χ1v) is 6.73. The standard InChI is InChI=1S/C14H14N2O2S/c1-4-9-16-13-11(18-5-2)7-6-8-12(13)19-14(16)15-10(3)17/h1,6-8H,5,9H2,2-3H3. The van der Waals surface area contributed by atoms with Crippen molar-refractivity contribution in [2.75, 3.05) is 6.61 Å². The zero-order valence-corrected chi connectivity index (χ0v) is 11.7. The Balaban J connectivity index is 2.79. The minimum atomic E-state index is -0.240. The smallest absolute Gasteiger partial charge is 0.245 e. The normalized spacial score (nSPS) is 11.5. The van der Waals surface area contributed by atoms with Gasteiger partial charge in [-0.1, -0.05) is 23.3 Å². The lowest BCUT2D eigenvalue weighted by Gasteiger charge is -2.07. The second-order valence-electron chi connectivity index (χ2n) is 3.84. The van der Waals surface area contributed by atoms with Gasteiger partial charge in [-0.15, -0.1) is 6.42 Å². The van der Waals surface area contributed by atoms with E-state index in [1.165, 1.54) is 18.3 Å². The van der Waals surface area contributed by atoms with Gasteiger partial charge in [-0.05, 0) is 19.1 Å². The maximum atomic E-state index is 11.2. The Kier molecular flexibility index (Phi) is 4.03. The maximum absolute atomic E-state index is 11.2. The number of thiazole rings is 1. The highest BCUT2D eigenvalue weighted by Gasteiger charge is 2.11. The van der Waals surface area contributed by atoms with E-state index in [9.17, 15) is 4.79 Å². The summed E-state index contributed by atoms with van der Waals surface area (Å²) < 4.78 is 8.46. The van der Waals surface area contributed by atoms with Crippen LogP contribution in [-0.4, -0.2) is 17.1 Å². The molecule has 0 N–H and O–H groups in total. The summed E-state index contributed by atoms with van der Waals surface area (Å²) in [5.74, 6) is 3.11. The van der Waals surface area contributed by atoms with E-state index in [2.05, 4.69) is 10.9 Å². The van der Waals surface area contributed by atoms with E-state index < -0.39 is 0 Å². The summed E-state index contributed by atoms with van der Waals surface area (Å²) in [7, 11) is 0. The van der Waals surface area contributed by atoms with E-state index in [0.29, 0.717) is 18.0 Å². The van der Waals surface area contributed by atoms with Gasteiger partial charge in [0.05, 0.1) is 17.9 Å². The number of hydrogen-bond donors (Lipinski definition) is 0. The van der Waals surface area contributed by atoms with Gasteiger partial charge >= 0.3 is 0 Å². The van der Waals surface area contributed by atoms with E-state index in [1.54, 1.807) is 0 Å². The van der Waals surface area contributed by atoms with Crippen molar-refractivity contribution in [3.05, 3.63) is 23.0 Å². The van der Waals surface area contributed by atoms with Gasteiger partial charge in [0.1, 0.15) is 11.3 Å². The van der Waals surface area contributed by atoms with E-state index in [4.69, 9.17) is 11.2 Å². The summed E-state index contributed by atoms with van der Waals surface area (Å²) in [5, 5.41) is 0. The van der Waals surface area contributed by atoms with Crippen molar-refractivity contribution >= 4 is 27.5 Å². The zero-order chi connectivity index (χ0) is 13.8. The van der Waals surface area contributed by atoms with Crippen LogP contribution in [0.3, 0.4) is 0 Å². The first-order valence-electron chi connectivity index (χ1n) is 5.91. The molecule has 2 rings (SSSR count). The number of amides is 1. The molecule has 0 aliphatic heterocycles. The maximum Gasteiger partial charge on any atom is 0.245 e. The number of benzene rings is 1. The minimum Gasteiger partial charge on any atom is -0.492 e. The summed E-state index contributed by atoms with van der Waals surface area (Å²) >= 11 is 1.43. The van der Waals surface area contributed by atoms with Gasteiger partial charge in [-0.3, -0.25) is 4.79 Å². The predicted octanol–water partition coefficient (Wildman–Crippen LogP) is 2.18. The molecule has 0 saturated carbocycles. The summed E-state index contributed by atoms with van der Waals surface area (Å²) in [4.78, 5) is 15.8. The molecule has 5 heteroatoms. The lowest BCUT2D eigenvalue weighted by molar-refractivity contribution is -0.116. The molecule has 2 aromatic rings. The lowest BCUT2D eigenvalue weighted by Crippen LogP contribution is -2.16. The van der Waals surface area contributed by atoms with Crippen molar-refractivity contribution in [1.29, 1.82) is 0 Å². The summed E-state index contributed by atoms with van der Waals surface area (Å²) in [6.07, 6.45) is 5.40. The molecule has 1 heterocycles. The van der Waals surface area contributed by atoms with E-state index in [-0.39, 0.29) is 5.91 Å². The van der Waals surface area contributed by atoms with Crippen LogP contribution in [0.25, 0.3) is 10.2 Å². The number of aromatic nitrogens is 1. The third kappa shape index (κ3) is 2.69. The summed E-state index contributed by atoms with van der Waals surface area (Å²) in [5.41, 5.74) is 0.896. The highest BCUT2D eigenvalue weighted by molar-refractivity contribution is 7.16. The van der Waals surface area contributed by atoms with Crippen molar-refractivity contribution in [3.63, 3.8) is 0 Å². The second kappa shape index (κ2) is 5.72. The van der Waals surface area contributed by atoms with Gasteiger partial charge in [0, 0.05) is 6.92 Å². The van der Waals surface area contributed by atoms with Crippen LogP contribution >= 0.6 is 11.3 Å². The fraction of sp³-hybridized carbons (Fsp3) is 0.286. The molecule has 1 amide bonds. The highest BCUT2D eigenvalue weighted by atomic mass is 32.1. The minimum absolute atomic E-state index is 0.240. The van der Waals surface area contributed by atoms with Gasteiger partial charge in [-0.25, -0.2) is 0 Å². The molecule has 0 aliphatic rings. The van der Waals surface area contributed by atoms with Crippen LogP contribution in [0.5, 0.6) is 5.75 Å². The Morgan fingerprint density at radius 3 is 3.00 bits per heavy atom. The largest absolute Gasteiger partial charge is 0.492 e. The van der Waals surface area contributed by atoms with Crippen LogP contribution in [0.15, 0.2) is 23.2 Å². The fourth-order valence-electron chi connectivity index (χ4n) is 1.83. The molecule has 0 fully saturated rings. The number of rotatable bonds is 3. The molecule has 0 unspecified atom stereocenters. The Morgan fingerprint density at radius 2 is 2.37 bits per heavy atom. The summed E-state index contributed by atoms with van der Waals surface area (Å²) in [6, 6.07) is 5.78. The van der Waals surface area contributed by atoms with Crippen LogP contribution in [-0.2, 0) is 11.3 Å². The van der Waals surface area contributed by atoms with Crippen LogP contribution in [0.4, 0.5) is 0 Å². The van der Waals surface area contributed by atoms with Crippen molar-refractivity contribution in [2.45, 2.75) is 20.4 Å². The number of fused-ring (bicyclic) bond motifs is 1. The van der Waals surface area contributed by atoms with Crippen molar-refractivity contribution in [1.82, 2.24) is 4.57 Å². The van der Waals surface area contributed by atoms with Crippen LogP contribution in [0, 0.1) is 12.3 Å². The Labute approximate surface area is 115 Å². The number of ether oxygens (including phenoxy) is 1. The number of nitrogens with zero attached hydrogens (tertiary/aromatic N) is 2. The van der Waals surface area contributed by atoms with Gasteiger partial charge in [0.25, 0.3) is 0 Å². The molecule has 0 aliphatic carbocycles. The molecular weight excluding hydrogens is 260 g/mol. The first-order chi connectivity index (χ1) is 9.17. The lowest BCUT2D eigenvalue weighted by atomic mass is 10.3. The molecule has 0 bridgehead atoms. The fourth-order valence-corrected chi connectivity index (χ4v) is 2.92. The van der Waals surface area contributed by atoms with Crippen LogP contribution in [0.2, 0.25) is 0 Å². The van der Waals surface area contributed by atoms with Gasteiger partial charge < -0.3 is 9.30 Å². The Bertz CT molecular complexity index is 719. The van der Waals surface area contributed by atoms with Crippen LogP contribution in [0.1, 0.15) is 13.8 Å². The van der Waals surface area contributed by atoms with E-state index >= 15 is 0 Å². The average Bonchev–Trinajstić information content (AvgIpc) is 2.68. The third-order valence-corrected chi connectivity index (χ3v) is 3.51. The number of carbonyl (C=O) groups excluding carboxylic acids is 1. The molecule has 98 valence electrons. The average molecular weight is 274 g/mol. The quantitative estimate of drug-likeness (QED) is 0.805. The number of hydrogen-bond acceptors (Lipinski definition) is 3. The second-order valence-corrected chi connectivity index (χ2v) is 4.85. The molecule has 0 atom stereocenters. The number of terminal acetylenes is 1. The molecule has 1 aromatic carbocycles. The number of carbonyl (C=O) groups is 1. The van der Waals surface area contributed by atoms with E-state index in [0.717, 1.165) is 16.0 Å². The summed E-state index contributed by atoms with van der Waals surface area (Å²) in [6.45, 7) is 4.28. The molecule has 0 saturated heterocycles.